The average Bonchev–Trinajstić information content (AvgIpc) is 3.68. The largest absolute Gasteiger partial charge is 0.496 e. The van der Waals surface area contributed by atoms with Gasteiger partial charge in [0, 0.05) is 11.6 Å². The van der Waals surface area contributed by atoms with E-state index in [1.165, 1.54) is 37.5 Å². The van der Waals surface area contributed by atoms with Gasteiger partial charge >= 0.3 is 6.09 Å². The summed E-state index contributed by atoms with van der Waals surface area (Å²) >= 11 is 0.877. The fourth-order valence-electron chi connectivity index (χ4n) is 4.22. The second kappa shape index (κ2) is 10.3. The minimum Gasteiger partial charge on any atom is -0.496 e. The van der Waals surface area contributed by atoms with Crippen molar-refractivity contribution in [2.45, 2.75) is 31.8 Å². The molecule has 1 aromatic heterocycles. The van der Waals surface area contributed by atoms with Gasteiger partial charge in [0.05, 0.1) is 17.7 Å². The molecule has 0 aliphatic heterocycles. The normalized spacial score (nSPS) is 13.8. The SMILES string of the molecule is COc1cc(-c2sc(F)cc2NC(=O)OC(C)c2ccc(F)c(F)c2)ccc1-c1ccc(C2CC2)cc1. The van der Waals surface area contributed by atoms with E-state index in [1.807, 2.05) is 12.1 Å². The Morgan fingerprint density at radius 3 is 2.35 bits per heavy atom. The molecule has 3 aromatic carbocycles. The predicted octanol–water partition coefficient (Wildman–Crippen LogP) is 8.70. The minimum atomic E-state index is -1.04. The highest BCUT2D eigenvalue weighted by atomic mass is 32.1. The number of halogens is 3. The summed E-state index contributed by atoms with van der Waals surface area (Å²) in [6.45, 7) is 1.53. The maximum atomic E-state index is 14.3. The fraction of sp³-hybridized carbons (Fsp3) is 0.207. The van der Waals surface area contributed by atoms with Gasteiger partial charge < -0.3 is 9.47 Å². The number of nitrogens with one attached hydrogen (secondary N) is 1. The Bertz CT molecular complexity index is 1450. The summed E-state index contributed by atoms with van der Waals surface area (Å²) in [6.07, 6.45) is 0.772. The second-order valence-corrected chi connectivity index (χ2v) is 9.95. The number of hydrogen-bond acceptors (Lipinski definition) is 4. The first-order valence-electron chi connectivity index (χ1n) is 11.8. The molecule has 0 radical (unpaired) electrons. The molecule has 1 amide bonds. The van der Waals surface area contributed by atoms with Crippen LogP contribution in [0.2, 0.25) is 0 Å². The third-order valence-electron chi connectivity index (χ3n) is 6.37. The Labute approximate surface area is 216 Å². The van der Waals surface area contributed by atoms with Crippen molar-refractivity contribution in [3.05, 3.63) is 94.6 Å². The van der Waals surface area contributed by atoms with Gasteiger partial charge in [-0.2, -0.15) is 4.39 Å². The quantitative estimate of drug-likeness (QED) is 0.264. The van der Waals surface area contributed by atoms with Crippen LogP contribution in [0.1, 0.15) is 42.9 Å². The molecule has 1 unspecified atom stereocenters. The lowest BCUT2D eigenvalue weighted by Crippen LogP contribution is -2.16. The van der Waals surface area contributed by atoms with E-state index in [1.54, 1.807) is 13.2 Å². The lowest BCUT2D eigenvalue weighted by Gasteiger charge is -2.15. The van der Waals surface area contributed by atoms with E-state index in [0.717, 1.165) is 34.6 Å². The Morgan fingerprint density at radius 2 is 1.68 bits per heavy atom. The number of benzene rings is 3. The summed E-state index contributed by atoms with van der Waals surface area (Å²) in [5, 5.41) is 2.08. The monoisotopic (exact) mass is 523 g/mol. The summed E-state index contributed by atoms with van der Waals surface area (Å²) in [6, 6.07) is 18.5. The lowest BCUT2D eigenvalue weighted by atomic mass is 9.99. The van der Waals surface area contributed by atoms with Gasteiger partial charge in [-0.05, 0) is 66.1 Å². The fourth-order valence-corrected chi connectivity index (χ4v) is 5.06. The molecule has 5 rings (SSSR count). The smallest absolute Gasteiger partial charge is 0.412 e. The van der Waals surface area contributed by atoms with E-state index in [0.29, 0.717) is 22.1 Å². The number of methoxy groups -OCH3 is 1. The Morgan fingerprint density at radius 1 is 0.946 bits per heavy atom. The number of anilines is 1. The molecule has 1 N–H and O–H groups in total. The van der Waals surface area contributed by atoms with Crippen molar-refractivity contribution in [1.82, 2.24) is 0 Å². The number of ether oxygens (including phenoxy) is 2. The Kier molecular flexibility index (Phi) is 6.93. The molecular weight excluding hydrogens is 499 g/mol. The second-order valence-electron chi connectivity index (χ2n) is 8.95. The first-order valence-corrected chi connectivity index (χ1v) is 12.6. The zero-order valence-corrected chi connectivity index (χ0v) is 21.0. The molecule has 4 nitrogen and oxygen atoms in total. The molecule has 1 heterocycles. The number of carbonyl (C=O) groups is 1. The number of hydrogen-bond donors (Lipinski definition) is 1. The van der Waals surface area contributed by atoms with Crippen LogP contribution in [0.15, 0.2) is 66.7 Å². The molecule has 0 bridgehead atoms. The Balaban J connectivity index is 1.35. The van der Waals surface area contributed by atoms with Crippen LogP contribution in [0.5, 0.6) is 5.75 Å². The molecule has 4 aromatic rings. The zero-order valence-electron chi connectivity index (χ0n) is 20.2. The zero-order chi connectivity index (χ0) is 26.1. The number of rotatable bonds is 7. The number of amides is 1. The van der Waals surface area contributed by atoms with Crippen molar-refractivity contribution in [3.8, 4) is 27.3 Å². The van der Waals surface area contributed by atoms with Crippen LogP contribution in [0.25, 0.3) is 21.6 Å². The Hall–Kier alpha value is -3.78. The van der Waals surface area contributed by atoms with Crippen LogP contribution in [0, 0.1) is 16.8 Å². The van der Waals surface area contributed by atoms with Gasteiger partial charge in [-0.25, -0.2) is 13.6 Å². The molecule has 1 aliphatic carbocycles. The topological polar surface area (TPSA) is 47.6 Å². The van der Waals surface area contributed by atoms with Gasteiger partial charge in [-0.15, -0.1) is 11.3 Å². The van der Waals surface area contributed by atoms with E-state index >= 15 is 0 Å². The van der Waals surface area contributed by atoms with E-state index in [-0.39, 0.29) is 11.3 Å². The van der Waals surface area contributed by atoms with E-state index in [4.69, 9.17) is 9.47 Å². The van der Waals surface area contributed by atoms with Gasteiger partial charge in [0.25, 0.3) is 0 Å². The molecular formula is C29H24F3NO3S. The maximum Gasteiger partial charge on any atom is 0.412 e. The first kappa shape index (κ1) is 24.9. The van der Waals surface area contributed by atoms with Gasteiger partial charge in [-0.1, -0.05) is 42.5 Å². The molecule has 1 aliphatic rings. The summed E-state index contributed by atoms with van der Waals surface area (Å²) in [5.41, 5.74) is 4.44. The van der Waals surface area contributed by atoms with Gasteiger partial charge in [0.1, 0.15) is 11.9 Å². The predicted molar refractivity (Wildman–Crippen MR) is 139 cm³/mol. The highest BCUT2D eigenvalue weighted by molar-refractivity contribution is 7.14. The highest BCUT2D eigenvalue weighted by Crippen LogP contribution is 2.43. The minimum absolute atomic E-state index is 0.230. The summed E-state index contributed by atoms with van der Waals surface area (Å²) in [7, 11) is 1.58. The third kappa shape index (κ3) is 5.49. The van der Waals surface area contributed by atoms with Crippen LogP contribution in [0.4, 0.5) is 23.7 Å². The van der Waals surface area contributed by atoms with Crippen molar-refractivity contribution < 1.29 is 27.4 Å². The summed E-state index contributed by atoms with van der Waals surface area (Å²) < 4.78 is 52.0. The number of carbonyl (C=O) groups excluding carboxylic acids is 1. The van der Waals surface area contributed by atoms with Gasteiger partial charge in [0.15, 0.2) is 16.8 Å². The van der Waals surface area contributed by atoms with Crippen LogP contribution < -0.4 is 10.1 Å². The average molecular weight is 524 g/mol. The molecule has 1 fully saturated rings. The molecule has 1 atom stereocenters. The summed E-state index contributed by atoms with van der Waals surface area (Å²) in [5.74, 6) is -0.738. The standard InChI is InChI=1S/C29H24F3NO3S/c1-16(20-10-12-23(30)24(31)13-20)36-29(34)33-25-15-27(32)37-28(25)21-9-11-22(26(14-21)35-2)19-7-5-18(6-8-19)17-3-4-17/h5-17H,3-4H2,1-2H3,(H,33,34). The molecule has 37 heavy (non-hydrogen) atoms. The van der Waals surface area contributed by atoms with E-state index in [9.17, 15) is 18.0 Å². The molecule has 8 heteroatoms. The van der Waals surface area contributed by atoms with Crippen molar-refractivity contribution in [2.75, 3.05) is 12.4 Å². The number of thiophene rings is 1. The third-order valence-corrected chi connectivity index (χ3v) is 7.34. The molecule has 190 valence electrons. The lowest BCUT2D eigenvalue weighted by molar-refractivity contribution is 0.121. The first-order chi connectivity index (χ1) is 17.8. The van der Waals surface area contributed by atoms with Crippen LogP contribution in [-0.2, 0) is 4.74 Å². The van der Waals surface area contributed by atoms with Crippen molar-refractivity contribution in [3.63, 3.8) is 0 Å². The highest BCUT2D eigenvalue weighted by Gasteiger charge is 2.23. The van der Waals surface area contributed by atoms with Gasteiger partial charge in [0.2, 0.25) is 0 Å². The molecule has 1 saturated carbocycles. The maximum absolute atomic E-state index is 14.3. The van der Waals surface area contributed by atoms with Crippen molar-refractivity contribution in [2.24, 2.45) is 0 Å². The van der Waals surface area contributed by atoms with E-state index < -0.39 is 29.0 Å². The van der Waals surface area contributed by atoms with Crippen molar-refractivity contribution >= 4 is 23.1 Å². The molecule has 0 spiro atoms. The van der Waals surface area contributed by atoms with Crippen molar-refractivity contribution in [1.29, 1.82) is 0 Å². The van der Waals surface area contributed by atoms with Crippen LogP contribution in [0.3, 0.4) is 0 Å². The summed E-state index contributed by atoms with van der Waals surface area (Å²) in [4.78, 5) is 13.0. The molecule has 0 saturated heterocycles. The van der Waals surface area contributed by atoms with E-state index in [2.05, 4.69) is 29.6 Å². The van der Waals surface area contributed by atoms with Gasteiger partial charge in [-0.3, -0.25) is 5.32 Å². The van der Waals surface area contributed by atoms with Crippen LogP contribution >= 0.6 is 11.3 Å². The van der Waals surface area contributed by atoms with Crippen LogP contribution in [-0.4, -0.2) is 13.2 Å².